The third-order valence-electron chi connectivity index (χ3n) is 1.90. The van der Waals surface area contributed by atoms with Crippen molar-refractivity contribution < 1.29 is 36.6 Å². The third-order valence-corrected chi connectivity index (χ3v) is 1.90. The zero-order chi connectivity index (χ0) is 13.9. The zero-order valence-electron chi connectivity index (χ0n) is 8.80. The molecule has 0 saturated heterocycles. The Kier molecular flexibility index (Phi) is 5.06. The summed E-state index contributed by atoms with van der Waals surface area (Å²) in [6.45, 7) is 4.01. The molecule has 0 aliphatic carbocycles. The van der Waals surface area contributed by atoms with E-state index in [1.54, 1.807) is 0 Å². The molecule has 0 aromatic heterocycles. The molecule has 0 aromatic carbocycles. The molecule has 0 spiro atoms. The predicted molar refractivity (Wildman–Crippen MR) is 47.4 cm³/mol. The van der Waals surface area contributed by atoms with Crippen molar-refractivity contribution >= 4 is 5.97 Å². The van der Waals surface area contributed by atoms with Gasteiger partial charge in [-0.25, -0.2) is 4.79 Å². The van der Waals surface area contributed by atoms with Crippen LogP contribution in [0.5, 0.6) is 0 Å². The molecule has 0 aliphatic heterocycles. The minimum atomic E-state index is -5.50. The fourth-order valence-electron chi connectivity index (χ4n) is 1.02. The number of aliphatic hydroxyl groups excluding tert-OH is 1. The van der Waals surface area contributed by atoms with Crippen molar-refractivity contribution in [2.75, 3.05) is 0 Å². The quantitative estimate of drug-likeness (QED) is 0.468. The van der Waals surface area contributed by atoms with Crippen molar-refractivity contribution in [2.24, 2.45) is 0 Å². The molecular formula is C9H11F5O3. The van der Waals surface area contributed by atoms with Crippen molar-refractivity contribution in [2.45, 2.75) is 37.7 Å². The maximum atomic E-state index is 13.2. The van der Waals surface area contributed by atoms with Crippen molar-refractivity contribution in [1.29, 1.82) is 0 Å². The van der Waals surface area contributed by atoms with Crippen LogP contribution in [-0.4, -0.2) is 35.4 Å². The molecule has 1 N–H and O–H groups in total. The number of carbonyl (C=O) groups excluding carboxylic acids is 1. The molecule has 0 bridgehead atoms. The van der Waals surface area contributed by atoms with E-state index in [-0.39, 0.29) is 0 Å². The van der Waals surface area contributed by atoms with Crippen LogP contribution < -0.4 is 0 Å². The summed E-state index contributed by atoms with van der Waals surface area (Å²) < 4.78 is 66.4. The highest BCUT2D eigenvalue weighted by atomic mass is 19.4. The van der Waals surface area contributed by atoms with Crippen LogP contribution in [0.25, 0.3) is 0 Å². The molecule has 0 radical (unpaired) electrons. The number of carbonyl (C=O) groups is 1. The Morgan fingerprint density at radius 1 is 1.41 bits per heavy atom. The van der Waals surface area contributed by atoms with Gasteiger partial charge in [0.2, 0.25) is 6.10 Å². The average molecular weight is 262 g/mol. The first-order valence-corrected chi connectivity index (χ1v) is 4.53. The molecule has 0 aliphatic rings. The zero-order valence-corrected chi connectivity index (χ0v) is 8.80. The summed E-state index contributed by atoms with van der Waals surface area (Å²) in [6.07, 6.45) is -11.8. The smallest absolute Gasteiger partial charge is 0.420 e. The van der Waals surface area contributed by atoms with Gasteiger partial charge in [0, 0.05) is 6.08 Å². The maximum absolute atomic E-state index is 13.2. The average Bonchev–Trinajstić information content (AvgIpc) is 2.22. The van der Waals surface area contributed by atoms with Gasteiger partial charge < -0.3 is 9.84 Å². The molecule has 0 rings (SSSR count). The van der Waals surface area contributed by atoms with Gasteiger partial charge in [-0.15, -0.1) is 0 Å². The molecule has 2 atom stereocenters. The molecule has 0 amide bonds. The van der Waals surface area contributed by atoms with E-state index in [1.165, 1.54) is 0 Å². The van der Waals surface area contributed by atoms with Crippen LogP contribution in [0.4, 0.5) is 22.0 Å². The van der Waals surface area contributed by atoms with Gasteiger partial charge in [0.15, 0.2) is 6.10 Å². The van der Waals surface area contributed by atoms with Gasteiger partial charge in [-0.3, -0.25) is 0 Å². The van der Waals surface area contributed by atoms with Crippen molar-refractivity contribution in [3.63, 3.8) is 0 Å². The Balaban J connectivity index is 4.97. The van der Waals surface area contributed by atoms with Crippen LogP contribution in [0.3, 0.4) is 0 Å². The lowest BCUT2D eigenvalue weighted by Crippen LogP contribution is -2.53. The van der Waals surface area contributed by atoms with Gasteiger partial charge in [-0.05, 0) is 6.42 Å². The number of alkyl halides is 5. The monoisotopic (exact) mass is 262 g/mol. The Morgan fingerprint density at radius 2 is 1.88 bits per heavy atom. The number of ether oxygens (including phenoxy) is 1. The summed E-state index contributed by atoms with van der Waals surface area (Å²) in [4.78, 5) is 10.7. The van der Waals surface area contributed by atoms with Crippen LogP contribution in [-0.2, 0) is 9.53 Å². The largest absolute Gasteiger partial charge is 0.453 e. The van der Waals surface area contributed by atoms with E-state index in [9.17, 15) is 26.7 Å². The summed E-state index contributed by atoms with van der Waals surface area (Å²) in [7, 11) is 0. The van der Waals surface area contributed by atoms with Crippen molar-refractivity contribution in [3.05, 3.63) is 12.7 Å². The number of esters is 1. The normalized spacial score (nSPS) is 16.2. The topological polar surface area (TPSA) is 46.5 Å². The standard InChI is InChI=1S/C9H11F5O3/c1-3-5(17-6(15)4-2)8(10,11)7(16)9(12,13)14/h4-5,7,16H,2-3H2,1H3. The molecule has 8 heteroatoms. The van der Waals surface area contributed by atoms with Crippen molar-refractivity contribution in [1.82, 2.24) is 0 Å². The number of halogens is 5. The van der Waals surface area contributed by atoms with E-state index >= 15 is 0 Å². The fraction of sp³-hybridized carbons (Fsp3) is 0.667. The van der Waals surface area contributed by atoms with E-state index in [4.69, 9.17) is 5.11 Å². The Morgan fingerprint density at radius 3 is 2.18 bits per heavy atom. The van der Waals surface area contributed by atoms with Crippen LogP contribution in [0.1, 0.15) is 13.3 Å². The second kappa shape index (κ2) is 5.44. The molecule has 100 valence electrons. The fourth-order valence-corrected chi connectivity index (χ4v) is 1.02. The minimum absolute atomic E-state index is 0.540. The molecule has 0 heterocycles. The number of rotatable bonds is 5. The van der Waals surface area contributed by atoms with Gasteiger partial charge >= 0.3 is 18.1 Å². The van der Waals surface area contributed by atoms with E-state index in [0.29, 0.717) is 6.08 Å². The Labute approximate surface area is 93.9 Å². The van der Waals surface area contributed by atoms with Crippen LogP contribution >= 0.6 is 0 Å². The van der Waals surface area contributed by atoms with Crippen molar-refractivity contribution in [3.8, 4) is 0 Å². The van der Waals surface area contributed by atoms with Gasteiger partial charge in [0.25, 0.3) is 0 Å². The molecule has 3 nitrogen and oxygen atoms in total. The Bertz CT molecular complexity index is 287. The predicted octanol–water partition coefficient (Wildman–Crippen LogP) is 2.05. The lowest BCUT2D eigenvalue weighted by molar-refractivity contribution is -0.292. The first kappa shape index (κ1) is 15.8. The highest BCUT2D eigenvalue weighted by molar-refractivity contribution is 5.81. The summed E-state index contributed by atoms with van der Waals surface area (Å²) in [5.74, 6) is -5.91. The van der Waals surface area contributed by atoms with E-state index < -0.39 is 36.7 Å². The molecule has 17 heavy (non-hydrogen) atoms. The number of hydrogen-bond acceptors (Lipinski definition) is 3. The van der Waals surface area contributed by atoms with Gasteiger partial charge in [-0.2, -0.15) is 22.0 Å². The second-order valence-corrected chi connectivity index (χ2v) is 3.16. The summed E-state index contributed by atoms with van der Waals surface area (Å²) in [5, 5.41) is 8.51. The maximum Gasteiger partial charge on any atom is 0.420 e. The second-order valence-electron chi connectivity index (χ2n) is 3.16. The number of aliphatic hydroxyl groups is 1. The minimum Gasteiger partial charge on any atom is -0.453 e. The van der Waals surface area contributed by atoms with Gasteiger partial charge in [0.1, 0.15) is 0 Å². The van der Waals surface area contributed by atoms with Gasteiger partial charge in [0.05, 0.1) is 0 Å². The highest BCUT2D eigenvalue weighted by Crippen LogP contribution is 2.36. The highest BCUT2D eigenvalue weighted by Gasteiger charge is 2.59. The van der Waals surface area contributed by atoms with Crippen LogP contribution in [0.2, 0.25) is 0 Å². The molecular weight excluding hydrogens is 251 g/mol. The first-order chi connectivity index (χ1) is 7.57. The van der Waals surface area contributed by atoms with Gasteiger partial charge in [-0.1, -0.05) is 13.5 Å². The lowest BCUT2D eigenvalue weighted by atomic mass is 10.0. The third kappa shape index (κ3) is 3.95. The summed E-state index contributed by atoms with van der Waals surface area (Å²) in [5.41, 5.74) is 0. The molecule has 2 unspecified atom stereocenters. The molecule has 0 fully saturated rings. The van der Waals surface area contributed by atoms with Crippen LogP contribution in [0, 0.1) is 0 Å². The Hall–Kier alpha value is -1.18. The summed E-state index contributed by atoms with van der Waals surface area (Å²) >= 11 is 0. The molecule has 0 saturated carbocycles. The lowest BCUT2D eigenvalue weighted by Gasteiger charge is -2.30. The first-order valence-electron chi connectivity index (χ1n) is 4.53. The van der Waals surface area contributed by atoms with E-state index in [0.717, 1.165) is 6.92 Å². The summed E-state index contributed by atoms with van der Waals surface area (Å²) in [6, 6.07) is 0. The molecule has 0 aromatic rings. The van der Waals surface area contributed by atoms with E-state index in [2.05, 4.69) is 11.3 Å². The number of hydrogen-bond donors (Lipinski definition) is 1. The van der Waals surface area contributed by atoms with E-state index in [1.807, 2.05) is 0 Å². The SMILES string of the molecule is C=CC(=O)OC(CC)C(F)(F)C(O)C(F)(F)F. The van der Waals surface area contributed by atoms with Crippen LogP contribution in [0.15, 0.2) is 12.7 Å².